The Bertz CT molecular complexity index is 347. The van der Waals surface area contributed by atoms with Gasteiger partial charge in [0.15, 0.2) is 0 Å². The first-order valence-electron chi connectivity index (χ1n) is 5.98. The van der Waals surface area contributed by atoms with Gasteiger partial charge in [0.1, 0.15) is 0 Å². The highest BCUT2D eigenvalue weighted by atomic mass is 15.2. The lowest BCUT2D eigenvalue weighted by atomic mass is 10.2. The summed E-state index contributed by atoms with van der Waals surface area (Å²) >= 11 is 0. The van der Waals surface area contributed by atoms with Gasteiger partial charge in [-0.1, -0.05) is 6.07 Å². The highest BCUT2D eigenvalue weighted by molar-refractivity contribution is 5.54. The third kappa shape index (κ3) is 2.89. The summed E-state index contributed by atoms with van der Waals surface area (Å²) in [6, 6.07) is 9.30. The highest BCUT2D eigenvalue weighted by Crippen LogP contribution is 2.27. The summed E-state index contributed by atoms with van der Waals surface area (Å²) < 4.78 is 0. The van der Waals surface area contributed by atoms with E-state index in [4.69, 9.17) is 5.73 Å². The van der Waals surface area contributed by atoms with Crippen LogP contribution in [0.5, 0.6) is 0 Å². The lowest BCUT2D eigenvalue weighted by Gasteiger charge is -2.25. The number of nitrogens with two attached hydrogens (primary N) is 1. The smallest absolute Gasteiger partial charge is 0.0361 e. The van der Waals surface area contributed by atoms with Crippen molar-refractivity contribution in [2.45, 2.75) is 31.8 Å². The maximum absolute atomic E-state index is 5.73. The molecule has 3 N–H and O–H groups in total. The zero-order chi connectivity index (χ0) is 11.5. The van der Waals surface area contributed by atoms with Crippen LogP contribution in [0.2, 0.25) is 0 Å². The largest absolute Gasteiger partial charge is 0.399 e. The summed E-state index contributed by atoms with van der Waals surface area (Å²) in [5.74, 6) is 0. The van der Waals surface area contributed by atoms with E-state index in [1.807, 2.05) is 18.2 Å². The van der Waals surface area contributed by atoms with E-state index in [0.29, 0.717) is 6.04 Å². The van der Waals surface area contributed by atoms with Gasteiger partial charge in [-0.2, -0.15) is 0 Å². The van der Waals surface area contributed by atoms with Gasteiger partial charge in [-0.3, -0.25) is 4.90 Å². The van der Waals surface area contributed by atoms with Crippen molar-refractivity contribution < 1.29 is 0 Å². The van der Waals surface area contributed by atoms with E-state index in [-0.39, 0.29) is 0 Å². The Morgan fingerprint density at radius 3 is 2.88 bits per heavy atom. The monoisotopic (exact) mass is 219 g/mol. The Balaban J connectivity index is 1.82. The summed E-state index contributed by atoms with van der Waals surface area (Å²) in [5.41, 5.74) is 7.65. The molecule has 3 nitrogen and oxygen atoms in total. The molecule has 1 aliphatic rings. The molecule has 1 unspecified atom stereocenters. The number of anilines is 2. The van der Waals surface area contributed by atoms with Gasteiger partial charge < -0.3 is 11.1 Å². The second kappa shape index (κ2) is 4.74. The standard InChI is InChI=1S/C13H21N3/c1-10(16(2)13-6-7-13)9-15-12-5-3-4-11(14)8-12/h3-5,8,10,13,15H,6-7,9,14H2,1-2H3. The number of nitrogens with one attached hydrogen (secondary N) is 1. The van der Waals surface area contributed by atoms with Crippen molar-refractivity contribution in [3.63, 3.8) is 0 Å². The van der Waals surface area contributed by atoms with Gasteiger partial charge in [0.05, 0.1) is 0 Å². The third-order valence-corrected chi connectivity index (χ3v) is 3.31. The van der Waals surface area contributed by atoms with Crippen LogP contribution in [0.1, 0.15) is 19.8 Å². The fourth-order valence-corrected chi connectivity index (χ4v) is 1.90. The minimum Gasteiger partial charge on any atom is -0.399 e. The molecule has 16 heavy (non-hydrogen) atoms. The van der Waals surface area contributed by atoms with Crippen LogP contribution in [0.15, 0.2) is 24.3 Å². The minimum atomic E-state index is 0.564. The fraction of sp³-hybridized carbons (Fsp3) is 0.538. The van der Waals surface area contributed by atoms with Crippen LogP contribution in [-0.4, -0.2) is 30.6 Å². The zero-order valence-corrected chi connectivity index (χ0v) is 10.1. The van der Waals surface area contributed by atoms with Gasteiger partial charge in [-0.15, -0.1) is 0 Å². The first kappa shape index (κ1) is 11.3. The van der Waals surface area contributed by atoms with Gasteiger partial charge in [0.25, 0.3) is 0 Å². The molecule has 0 spiro atoms. The van der Waals surface area contributed by atoms with Crippen LogP contribution in [0.4, 0.5) is 11.4 Å². The number of likely N-dealkylation sites (N-methyl/N-ethyl adjacent to an activating group) is 1. The Labute approximate surface area is 97.6 Å². The summed E-state index contributed by atoms with van der Waals surface area (Å²) in [6.07, 6.45) is 2.72. The summed E-state index contributed by atoms with van der Waals surface area (Å²) in [5, 5.41) is 3.43. The lowest BCUT2D eigenvalue weighted by Crippen LogP contribution is -2.36. The van der Waals surface area contributed by atoms with Crippen LogP contribution in [-0.2, 0) is 0 Å². The minimum absolute atomic E-state index is 0.564. The molecule has 1 aromatic rings. The van der Waals surface area contributed by atoms with Crippen molar-refractivity contribution in [3.05, 3.63) is 24.3 Å². The molecule has 1 saturated carbocycles. The molecular formula is C13H21N3. The van der Waals surface area contributed by atoms with E-state index in [1.165, 1.54) is 12.8 Å². The first-order chi connectivity index (χ1) is 7.66. The molecule has 1 aromatic carbocycles. The van der Waals surface area contributed by atoms with E-state index in [1.54, 1.807) is 0 Å². The second-order valence-electron chi connectivity index (χ2n) is 4.75. The molecule has 88 valence electrons. The Morgan fingerprint density at radius 2 is 2.25 bits per heavy atom. The van der Waals surface area contributed by atoms with Crippen LogP contribution in [0.25, 0.3) is 0 Å². The molecular weight excluding hydrogens is 198 g/mol. The number of rotatable bonds is 5. The molecule has 0 aromatic heterocycles. The Hall–Kier alpha value is -1.22. The van der Waals surface area contributed by atoms with E-state index >= 15 is 0 Å². The summed E-state index contributed by atoms with van der Waals surface area (Å²) in [7, 11) is 2.21. The van der Waals surface area contributed by atoms with Crippen LogP contribution < -0.4 is 11.1 Å². The molecule has 1 fully saturated rings. The van der Waals surface area contributed by atoms with Crippen molar-refractivity contribution >= 4 is 11.4 Å². The molecule has 0 heterocycles. The number of nitrogen functional groups attached to an aromatic ring is 1. The maximum atomic E-state index is 5.73. The normalized spacial score (nSPS) is 17.4. The van der Waals surface area contributed by atoms with E-state index in [0.717, 1.165) is 24.0 Å². The Kier molecular flexibility index (Phi) is 3.34. The molecule has 0 aliphatic heterocycles. The molecule has 0 saturated heterocycles. The van der Waals surface area contributed by atoms with Crippen molar-refractivity contribution in [1.29, 1.82) is 0 Å². The quantitative estimate of drug-likeness (QED) is 0.746. The van der Waals surface area contributed by atoms with Crippen molar-refractivity contribution in [2.24, 2.45) is 0 Å². The third-order valence-electron chi connectivity index (χ3n) is 3.31. The topological polar surface area (TPSA) is 41.3 Å². The average molecular weight is 219 g/mol. The van der Waals surface area contributed by atoms with E-state index < -0.39 is 0 Å². The summed E-state index contributed by atoms with van der Waals surface area (Å²) in [4.78, 5) is 2.46. The predicted molar refractivity (Wildman–Crippen MR) is 69.6 cm³/mol. The van der Waals surface area contributed by atoms with Gasteiger partial charge >= 0.3 is 0 Å². The molecule has 1 atom stereocenters. The summed E-state index contributed by atoms with van der Waals surface area (Å²) in [6.45, 7) is 3.23. The van der Waals surface area contributed by atoms with Gasteiger partial charge in [-0.05, 0) is 45.0 Å². The van der Waals surface area contributed by atoms with Crippen molar-refractivity contribution in [1.82, 2.24) is 4.90 Å². The Morgan fingerprint density at radius 1 is 1.50 bits per heavy atom. The van der Waals surface area contributed by atoms with E-state index in [2.05, 4.69) is 30.3 Å². The van der Waals surface area contributed by atoms with Crippen LogP contribution in [0, 0.1) is 0 Å². The van der Waals surface area contributed by atoms with Gasteiger partial charge in [0.2, 0.25) is 0 Å². The molecule has 2 rings (SSSR count). The van der Waals surface area contributed by atoms with Crippen molar-refractivity contribution in [2.75, 3.05) is 24.6 Å². The fourth-order valence-electron chi connectivity index (χ4n) is 1.90. The van der Waals surface area contributed by atoms with Gasteiger partial charge in [0, 0.05) is 30.0 Å². The highest BCUT2D eigenvalue weighted by Gasteiger charge is 2.28. The molecule has 0 radical (unpaired) electrons. The maximum Gasteiger partial charge on any atom is 0.0361 e. The number of benzene rings is 1. The second-order valence-corrected chi connectivity index (χ2v) is 4.75. The molecule has 1 aliphatic carbocycles. The predicted octanol–water partition coefficient (Wildman–Crippen LogP) is 2.16. The number of hydrogen-bond donors (Lipinski definition) is 2. The first-order valence-corrected chi connectivity index (χ1v) is 5.98. The molecule has 3 heteroatoms. The SMILES string of the molecule is CC(CNc1cccc(N)c1)N(C)C1CC1. The lowest BCUT2D eigenvalue weighted by molar-refractivity contribution is 0.257. The molecule has 0 amide bonds. The van der Waals surface area contributed by atoms with Gasteiger partial charge in [-0.25, -0.2) is 0 Å². The van der Waals surface area contributed by atoms with E-state index in [9.17, 15) is 0 Å². The zero-order valence-electron chi connectivity index (χ0n) is 10.1. The van der Waals surface area contributed by atoms with Crippen LogP contribution >= 0.6 is 0 Å². The number of hydrogen-bond acceptors (Lipinski definition) is 3. The van der Waals surface area contributed by atoms with Crippen molar-refractivity contribution in [3.8, 4) is 0 Å². The molecule has 0 bridgehead atoms. The number of nitrogens with zero attached hydrogens (tertiary/aromatic N) is 1. The average Bonchev–Trinajstić information content (AvgIpc) is 3.09. The van der Waals surface area contributed by atoms with Crippen LogP contribution in [0.3, 0.4) is 0 Å².